The van der Waals surface area contributed by atoms with Crippen molar-refractivity contribution >= 4 is 11.8 Å². The van der Waals surface area contributed by atoms with Crippen molar-refractivity contribution in [2.75, 3.05) is 26.2 Å². The van der Waals surface area contributed by atoms with Crippen molar-refractivity contribution in [1.29, 1.82) is 0 Å². The van der Waals surface area contributed by atoms with Crippen LogP contribution in [-0.2, 0) is 4.79 Å². The molecule has 1 heterocycles. The summed E-state index contributed by atoms with van der Waals surface area (Å²) in [5.74, 6) is 0.422. The molecule has 0 bridgehead atoms. The number of amides is 2. The van der Waals surface area contributed by atoms with E-state index >= 15 is 0 Å². The predicted molar refractivity (Wildman–Crippen MR) is 98.4 cm³/mol. The van der Waals surface area contributed by atoms with Gasteiger partial charge in [-0.3, -0.25) is 9.59 Å². The number of carbonyl (C=O) groups excluding carboxylic acids is 2. The maximum absolute atomic E-state index is 12.6. The Hall–Kier alpha value is -2.62. The van der Waals surface area contributed by atoms with Gasteiger partial charge < -0.3 is 9.80 Å². The molecular formula is C21H24N2O2. The Balaban J connectivity index is 1.52. The van der Waals surface area contributed by atoms with Crippen molar-refractivity contribution in [3.63, 3.8) is 0 Å². The van der Waals surface area contributed by atoms with Crippen molar-refractivity contribution in [2.45, 2.75) is 19.3 Å². The fraction of sp³-hybridized carbons (Fsp3) is 0.333. The number of benzene rings is 2. The summed E-state index contributed by atoms with van der Waals surface area (Å²) < 4.78 is 0. The summed E-state index contributed by atoms with van der Waals surface area (Å²) in [6, 6.07) is 19.4. The highest BCUT2D eigenvalue weighted by atomic mass is 16.2. The molecule has 4 heteroatoms. The molecule has 0 saturated carbocycles. The number of piperazine rings is 1. The Kier molecular flexibility index (Phi) is 5.49. The Morgan fingerprint density at radius 3 is 1.96 bits per heavy atom. The number of nitrogens with zero attached hydrogens (tertiary/aromatic N) is 2. The van der Waals surface area contributed by atoms with E-state index in [1.165, 1.54) is 5.56 Å². The fourth-order valence-corrected chi connectivity index (χ4v) is 3.21. The third-order valence-electron chi connectivity index (χ3n) is 4.79. The lowest BCUT2D eigenvalue weighted by atomic mass is 9.97. The van der Waals surface area contributed by atoms with Crippen molar-refractivity contribution < 1.29 is 9.59 Å². The lowest BCUT2D eigenvalue weighted by molar-refractivity contribution is -0.133. The van der Waals surface area contributed by atoms with Crippen molar-refractivity contribution in [3.8, 4) is 0 Å². The molecule has 2 amide bonds. The summed E-state index contributed by atoms with van der Waals surface area (Å²) in [4.78, 5) is 28.7. The Morgan fingerprint density at radius 1 is 0.840 bits per heavy atom. The maximum atomic E-state index is 12.6. The van der Waals surface area contributed by atoms with Crippen LogP contribution >= 0.6 is 0 Å². The molecule has 0 spiro atoms. The summed E-state index contributed by atoms with van der Waals surface area (Å²) in [5, 5.41) is 0. The second-order valence-corrected chi connectivity index (χ2v) is 6.55. The van der Waals surface area contributed by atoms with E-state index < -0.39 is 0 Å². The minimum Gasteiger partial charge on any atom is -0.339 e. The summed E-state index contributed by atoms with van der Waals surface area (Å²) in [6.07, 6.45) is 0.511. The molecule has 0 aromatic heterocycles. The van der Waals surface area contributed by atoms with Gasteiger partial charge in [0.25, 0.3) is 5.91 Å². The highest BCUT2D eigenvalue weighted by Crippen LogP contribution is 2.20. The topological polar surface area (TPSA) is 40.6 Å². The maximum Gasteiger partial charge on any atom is 0.253 e. The van der Waals surface area contributed by atoms with Gasteiger partial charge in [-0.2, -0.15) is 0 Å². The van der Waals surface area contributed by atoms with Crippen LogP contribution in [-0.4, -0.2) is 47.8 Å². The molecule has 1 fully saturated rings. The molecule has 4 nitrogen and oxygen atoms in total. The van der Waals surface area contributed by atoms with Crippen LogP contribution in [0.1, 0.15) is 35.2 Å². The molecule has 2 aromatic carbocycles. The van der Waals surface area contributed by atoms with Crippen LogP contribution in [0.15, 0.2) is 60.7 Å². The molecule has 1 aliphatic rings. The Morgan fingerprint density at radius 2 is 1.36 bits per heavy atom. The van der Waals surface area contributed by atoms with Gasteiger partial charge in [0.2, 0.25) is 5.91 Å². The third kappa shape index (κ3) is 4.27. The lowest BCUT2D eigenvalue weighted by Crippen LogP contribution is -2.50. The number of hydrogen-bond acceptors (Lipinski definition) is 2. The average molecular weight is 336 g/mol. The van der Waals surface area contributed by atoms with E-state index in [1.807, 2.05) is 58.3 Å². The molecule has 0 aliphatic carbocycles. The van der Waals surface area contributed by atoms with E-state index in [4.69, 9.17) is 0 Å². The van der Waals surface area contributed by atoms with Crippen molar-refractivity contribution in [3.05, 3.63) is 71.8 Å². The first-order valence-corrected chi connectivity index (χ1v) is 8.82. The highest BCUT2D eigenvalue weighted by Gasteiger charge is 2.25. The zero-order chi connectivity index (χ0) is 17.6. The van der Waals surface area contributed by atoms with Gasteiger partial charge >= 0.3 is 0 Å². The normalized spacial score (nSPS) is 15.7. The molecule has 0 N–H and O–H groups in total. The van der Waals surface area contributed by atoms with E-state index in [-0.39, 0.29) is 17.7 Å². The van der Waals surface area contributed by atoms with Gasteiger partial charge in [-0.25, -0.2) is 0 Å². The van der Waals surface area contributed by atoms with E-state index in [0.717, 1.165) is 0 Å². The van der Waals surface area contributed by atoms with Gasteiger partial charge in [-0.15, -0.1) is 0 Å². The van der Waals surface area contributed by atoms with Gasteiger partial charge in [-0.1, -0.05) is 55.5 Å². The first kappa shape index (κ1) is 17.2. The smallest absolute Gasteiger partial charge is 0.253 e. The second-order valence-electron chi connectivity index (χ2n) is 6.55. The van der Waals surface area contributed by atoms with Gasteiger partial charge in [0.15, 0.2) is 0 Å². The summed E-state index contributed by atoms with van der Waals surface area (Å²) in [5.41, 5.74) is 1.90. The summed E-state index contributed by atoms with van der Waals surface area (Å²) >= 11 is 0. The quantitative estimate of drug-likeness (QED) is 0.860. The largest absolute Gasteiger partial charge is 0.339 e. The molecule has 0 unspecified atom stereocenters. The van der Waals surface area contributed by atoms with Gasteiger partial charge in [0.1, 0.15) is 0 Å². The van der Waals surface area contributed by atoms with E-state index in [9.17, 15) is 9.59 Å². The molecule has 25 heavy (non-hydrogen) atoms. The van der Waals surface area contributed by atoms with Crippen LogP contribution in [0.3, 0.4) is 0 Å². The third-order valence-corrected chi connectivity index (χ3v) is 4.79. The van der Waals surface area contributed by atoms with Gasteiger partial charge in [-0.05, 0) is 23.6 Å². The van der Waals surface area contributed by atoms with Crippen LogP contribution in [0.5, 0.6) is 0 Å². The summed E-state index contributed by atoms with van der Waals surface area (Å²) in [6.45, 7) is 4.50. The Bertz CT molecular complexity index is 707. The standard InChI is InChI=1S/C21H24N2O2/c1-17(18-8-4-2-5-9-18)16-20(24)22-12-14-23(15-13-22)21(25)19-10-6-3-7-11-19/h2-11,17H,12-16H2,1H3/t17-/m0/s1. The predicted octanol–water partition coefficient (Wildman–Crippen LogP) is 3.16. The van der Waals surface area contributed by atoms with Crippen LogP contribution in [0.2, 0.25) is 0 Å². The van der Waals surface area contributed by atoms with Crippen LogP contribution < -0.4 is 0 Å². The molecule has 1 aliphatic heterocycles. The van der Waals surface area contributed by atoms with Crippen LogP contribution in [0.25, 0.3) is 0 Å². The zero-order valence-electron chi connectivity index (χ0n) is 14.6. The first-order chi connectivity index (χ1) is 12.1. The molecule has 2 aromatic rings. The highest BCUT2D eigenvalue weighted by molar-refractivity contribution is 5.94. The molecular weight excluding hydrogens is 312 g/mol. The minimum atomic E-state index is 0.0466. The Labute approximate surface area is 149 Å². The van der Waals surface area contributed by atoms with Gasteiger partial charge in [0, 0.05) is 38.2 Å². The molecule has 3 rings (SSSR count). The molecule has 130 valence electrons. The zero-order valence-corrected chi connectivity index (χ0v) is 14.6. The number of carbonyl (C=O) groups is 2. The molecule has 1 atom stereocenters. The molecule has 1 saturated heterocycles. The van der Waals surface area contributed by atoms with E-state index in [2.05, 4.69) is 19.1 Å². The molecule has 0 radical (unpaired) electrons. The van der Waals surface area contributed by atoms with Crippen LogP contribution in [0, 0.1) is 0 Å². The first-order valence-electron chi connectivity index (χ1n) is 8.82. The number of rotatable bonds is 4. The fourth-order valence-electron chi connectivity index (χ4n) is 3.21. The second kappa shape index (κ2) is 7.97. The van der Waals surface area contributed by atoms with Crippen molar-refractivity contribution in [2.24, 2.45) is 0 Å². The van der Waals surface area contributed by atoms with Crippen molar-refractivity contribution in [1.82, 2.24) is 9.80 Å². The lowest BCUT2D eigenvalue weighted by Gasteiger charge is -2.35. The van der Waals surface area contributed by atoms with E-state index in [1.54, 1.807) is 0 Å². The average Bonchev–Trinajstić information content (AvgIpc) is 2.69. The monoisotopic (exact) mass is 336 g/mol. The minimum absolute atomic E-state index is 0.0466. The SMILES string of the molecule is C[C@@H](CC(=O)N1CCN(C(=O)c2ccccc2)CC1)c1ccccc1. The van der Waals surface area contributed by atoms with E-state index in [0.29, 0.717) is 38.2 Å². The summed E-state index contributed by atoms with van der Waals surface area (Å²) in [7, 11) is 0. The number of hydrogen-bond donors (Lipinski definition) is 0. The van der Waals surface area contributed by atoms with Gasteiger partial charge in [0.05, 0.1) is 0 Å². The van der Waals surface area contributed by atoms with Crippen LogP contribution in [0.4, 0.5) is 0 Å².